The Morgan fingerprint density at radius 1 is 0.216 bits per heavy atom. The molecular formula is C99H66B3N3S6. The van der Waals surface area contributed by atoms with Crippen molar-refractivity contribution in [2.75, 3.05) is 14.7 Å². The van der Waals surface area contributed by atoms with Gasteiger partial charge in [0.05, 0.1) is 34.1 Å². The molecule has 1 aliphatic carbocycles. The lowest BCUT2D eigenvalue weighted by Gasteiger charge is -2.34. The molecule has 6 aromatic heterocycles. The minimum Gasteiger partial charge on any atom is -0.309 e. The van der Waals surface area contributed by atoms with E-state index < -0.39 is 0 Å². The Balaban J connectivity index is 0.000000103. The highest BCUT2D eigenvalue weighted by Gasteiger charge is 2.45. The summed E-state index contributed by atoms with van der Waals surface area (Å²) in [5, 5.41) is 7.97. The first-order valence-electron chi connectivity index (χ1n) is 38.0. The normalized spacial score (nSPS) is 13.5. The van der Waals surface area contributed by atoms with Gasteiger partial charge in [0.1, 0.15) is 0 Å². The highest BCUT2D eigenvalue weighted by molar-refractivity contribution is 7.42. The van der Waals surface area contributed by atoms with E-state index in [4.69, 9.17) is 0 Å². The molecule has 3 nitrogen and oxygen atoms in total. The van der Waals surface area contributed by atoms with E-state index in [9.17, 15) is 0 Å². The van der Waals surface area contributed by atoms with Crippen molar-refractivity contribution in [3.8, 4) is 22.3 Å². The van der Waals surface area contributed by atoms with Crippen molar-refractivity contribution in [1.82, 2.24) is 0 Å². The van der Waals surface area contributed by atoms with Crippen LogP contribution in [0.2, 0.25) is 0 Å². The van der Waals surface area contributed by atoms with Gasteiger partial charge in [-0.15, -0.1) is 68.0 Å². The topological polar surface area (TPSA) is 9.72 Å². The lowest BCUT2D eigenvalue weighted by Crippen LogP contribution is -2.54. The van der Waals surface area contributed by atoms with Gasteiger partial charge in [0.15, 0.2) is 0 Å². The van der Waals surface area contributed by atoms with E-state index in [1.165, 1.54) is 190 Å². The maximum atomic E-state index is 2.60. The first kappa shape index (κ1) is 66.4. The maximum absolute atomic E-state index is 2.60. The van der Waals surface area contributed by atoms with E-state index in [-0.39, 0.29) is 25.6 Å². The van der Waals surface area contributed by atoms with Crippen molar-refractivity contribution in [3.63, 3.8) is 0 Å². The third kappa shape index (κ3) is 10.7. The third-order valence-corrected chi connectivity index (χ3v) is 30.3. The highest BCUT2D eigenvalue weighted by atomic mass is 32.1. The summed E-state index contributed by atoms with van der Waals surface area (Å²) in [5.74, 6) is 0. The maximum Gasteiger partial charge on any atom is 0.272 e. The average Bonchev–Trinajstić information content (AvgIpc) is 1.57. The summed E-state index contributed by atoms with van der Waals surface area (Å²) in [7, 11) is 0. The van der Waals surface area contributed by atoms with Crippen molar-refractivity contribution < 1.29 is 0 Å². The molecule has 0 unspecified atom stereocenters. The van der Waals surface area contributed by atoms with Crippen LogP contribution in [-0.2, 0) is 5.41 Å². The Hall–Kier alpha value is -11.6. The Bertz CT molecular complexity index is 6740. The summed E-state index contributed by atoms with van der Waals surface area (Å²) < 4.78 is 16.6. The van der Waals surface area contributed by atoms with Gasteiger partial charge in [-0.3, -0.25) is 0 Å². The second kappa shape index (κ2) is 26.9. The fraction of sp³-hybridized carbons (Fsp3) is 0.0303. The van der Waals surface area contributed by atoms with E-state index >= 15 is 0 Å². The minimum absolute atomic E-state index is 0.0522. The van der Waals surface area contributed by atoms with Crippen molar-refractivity contribution in [1.29, 1.82) is 0 Å². The monoisotopic (exact) mass is 1520 g/mol. The van der Waals surface area contributed by atoms with Crippen LogP contribution in [0.1, 0.15) is 25.0 Å². The van der Waals surface area contributed by atoms with Crippen LogP contribution in [0.15, 0.2) is 364 Å². The minimum atomic E-state index is -0.0522. The molecule has 0 saturated heterocycles. The van der Waals surface area contributed by atoms with Crippen LogP contribution in [0.3, 0.4) is 0 Å². The van der Waals surface area contributed by atoms with E-state index in [0.29, 0.717) is 0 Å². The van der Waals surface area contributed by atoms with Crippen molar-refractivity contribution in [3.05, 3.63) is 375 Å². The van der Waals surface area contributed by atoms with Crippen molar-refractivity contribution in [2.45, 2.75) is 19.3 Å². The van der Waals surface area contributed by atoms with Crippen LogP contribution < -0.4 is 59.7 Å². The Labute approximate surface area is 670 Å². The summed E-state index contributed by atoms with van der Waals surface area (Å²) in [6.07, 6.45) is 0. The fourth-order valence-corrected chi connectivity index (χ4v) is 26.2. The number of para-hydroxylation sites is 1. The van der Waals surface area contributed by atoms with Gasteiger partial charge < -0.3 is 14.7 Å². The molecule has 9 heterocycles. The number of rotatable bonds is 7. The zero-order chi connectivity index (χ0) is 73.4. The van der Waals surface area contributed by atoms with Crippen molar-refractivity contribution in [2.24, 2.45) is 0 Å². The van der Waals surface area contributed by atoms with Crippen LogP contribution in [-0.4, -0.2) is 20.1 Å². The van der Waals surface area contributed by atoms with Gasteiger partial charge in [-0.2, -0.15) is 0 Å². The summed E-state index contributed by atoms with van der Waals surface area (Å²) in [6.45, 7) is 5.43. The molecule has 0 amide bonds. The number of hydrogen-bond donors (Lipinski definition) is 0. The third-order valence-electron chi connectivity index (χ3n) is 23.0. The smallest absolute Gasteiger partial charge is 0.272 e. The Kier molecular flexibility index (Phi) is 16.1. The quantitative estimate of drug-likeness (QED) is 0.147. The average molecular weight is 1520 g/mol. The van der Waals surface area contributed by atoms with Gasteiger partial charge in [-0.1, -0.05) is 321 Å². The van der Waals surface area contributed by atoms with E-state index in [0.717, 1.165) is 0 Å². The predicted octanol–water partition coefficient (Wildman–Crippen LogP) is 23.2. The second-order valence-electron chi connectivity index (χ2n) is 29.6. The zero-order valence-electron chi connectivity index (χ0n) is 60.7. The molecule has 111 heavy (non-hydrogen) atoms. The standard InChI is InChI=1S/C37H26BNS2.C34H22BNS2.C28H18BNS2/c1-37(2)29-17-9-6-14-25(29)26-21-20-24(22-30(26)37)39-33-27-15-7-10-18-31(27)40-35(33)38(23-12-4-3-5-13-23)36-34(39)28-16-8-11-19-32(28)41-36;1-3-11-23(12-4-1)24-19-21-26(22-20-24)36-31-27-15-7-9-17-29(27)37-33(31)35(25-13-5-2-6-14-25)34-32(36)28-16-8-10-18-30(28)38-34;1-3-11-19(12-4-1)29-27-25(21-15-7-9-17-23(21)31-27)30(20-13-5-2-6-14-20)26-22-16-8-10-18-24(22)32-28(26)29/h3-22H,1-2H3;1-22H;1-18H. The molecule has 0 bridgehead atoms. The molecule has 522 valence electrons. The molecule has 0 saturated carbocycles. The lowest BCUT2D eigenvalue weighted by molar-refractivity contribution is 0.660. The van der Waals surface area contributed by atoms with Crippen LogP contribution in [0.4, 0.5) is 51.2 Å². The van der Waals surface area contributed by atoms with Gasteiger partial charge in [-0.25, -0.2) is 0 Å². The lowest BCUT2D eigenvalue weighted by atomic mass is 9.41. The molecule has 12 heteroatoms. The molecule has 3 aliphatic heterocycles. The van der Waals surface area contributed by atoms with Crippen molar-refractivity contribution >= 4 is 245 Å². The van der Waals surface area contributed by atoms with Gasteiger partial charge in [0.2, 0.25) is 0 Å². The second-order valence-corrected chi connectivity index (χ2v) is 36.1. The van der Waals surface area contributed by atoms with Crippen LogP contribution in [0, 0.1) is 0 Å². The number of nitrogens with zero attached hydrogens (tertiary/aromatic N) is 3. The summed E-state index contributed by atoms with van der Waals surface area (Å²) >= 11 is 11.7. The molecule has 4 aliphatic rings. The van der Waals surface area contributed by atoms with Gasteiger partial charge in [0.25, 0.3) is 20.1 Å². The first-order valence-corrected chi connectivity index (χ1v) is 42.9. The van der Waals surface area contributed by atoms with Gasteiger partial charge in [0, 0.05) is 112 Å². The molecule has 14 aromatic carbocycles. The van der Waals surface area contributed by atoms with Gasteiger partial charge >= 0.3 is 0 Å². The molecule has 0 N–H and O–H groups in total. The molecule has 0 fully saturated rings. The molecule has 0 spiro atoms. The number of thiophene rings is 6. The largest absolute Gasteiger partial charge is 0.309 e. The number of fused-ring (bicyclic) bond motifs is 21. The fourth-order valence-electron chi connectivity index (χ4n) is 18.0. The number of benzene rings is 14. The van der Waals surface area contributed by atoms with Gasteiger partial charge in [-0.05, 0) is 106 Å². The highest BCUT2D eigenvalue weighted by Crippen LogP contribution is 2.55. The van der Waals surface area contributed by atoms with E-state index in [1.54, 1.807) is 0 Å². The zero-order valence-corrected chi connectivity index (χ0v) is 65.6. The Morgan fingerprint density at radius 2 is 0.468 bits per heavy atom. The first-order chi connectivity index (χ1) is 54.9. The SMILES string of the molecule is CC1(C)c2ccccc2-c2ccc(N3c4c(sc5ccccc45)B(c4ccccc4)c4sc5ccccc5c43)cc21.c1ccc(B2c3sc4ccccc4c3N(c3ccc(-c4ccccc4)cc3)c3c2sc2ccccc32)cc1.c1ccc(B2c3sc4ccccc4c3N(c3ccccc3)c3c2sc2ccccc32)cc1. The summed E-state index contributed by atoms with van der Waals surface area (Å²) in [5.41, 5.74) is 23.7. The number of anilines is 9. The summed E-state index contributed by atoms with van der Waals surface area (Å²) in [4.78, 5) is 7.65. The molecule has 0 atom stereocenters. The Morgan fingerprint density at radius 3 is 0.820 bits per heavy atom. The molecule has 24 rings (SSSR count). The predicted molar refractivity (Wildman–Crippen MR) is 492 cm³/mol. The van der Waals surface area contributed by atoms with Crippen LogP contribution in [0.25, 0.3) is 82.8 Å². The van der Waals surface area contributed by atoms with Crippen LogP contribution in [0.5, 0.6) is 0 Å². The molecule has 0 radical (unpaired) electrons. The van der Waals surface area contributed by atoms with E-state index in [2.05, 4.69) is 393 Å². The van der Waals surface area contributed by atoms with E-state index in [1.807, 2.05) is 68.0 Å². The summed E-state index contributed by atoms with van der Waals surface area (Å²) in [6, 6.07) is 133. The molecule has 20 aromatic rings. The van der Waals surface area contributed by atoms with Crippen LogP contribution >= 0.6 is 68.0 Å². The molecular weight excluding hydrogens is 1460 g/mol. The number of hydrogen-bond acceptors (Lipinski definition) is 9.